The van der Waals surface area contributed by atoms with E-state index < -0.39 is 0 Å². The average Bonchev–Trinajstić information content (AvgIpc) is 2.60. The van der Waals surface area contributed by atoms with Gasteiger partial charge in [0.25, 0.3) is 0 Å². The standard InChI is InChI=1S/C10H16N2.C7H14O.CH3NO2/c1-8(2)12-10-6-4-9(11-3)5-7-10;1-2-3-4-5-6-7-8;3-1-2-4/h4-8,11-12H,1-3H3;7H,2-6H2,1H3;1,4H,(H,2,3). The molecule has 1 rings (SSSR count). The molecule has 1 aromatic rings. The number of nitrogens with one attached hydrogen (secondary N) is 3. The summed E-state index contributed by atoms with van der Waals surface area (Å²) in [5, 5.41) is 13.7. The Balaban J connectivity index is 0. The van der Waals surface area contributed by atoms with Gasteiger partial charge in [-0.1, -0.05) is 26.2 Å². The first-order valence-corrected chi connectivity index (χ1v) is 8.36. The van der Waals surface area contributed by atoms with E-state index in [1.165, 1.54) is 30.4 Å². The van der Waals surface area contributed by atoms with Crippen molar-refractivity contribution in [3.05, 3.63) is 24.3 Å². The highest BCUT2D eigenvalue weighted by atomic mass is 16.5. The van der Waals surface area contributed by atoms with E-state index in [4.69, 9.17) is 10.0 Å². The fraction of sp³-hybridized carbons (Fsp3) is 0.556. The Kier molecular flexibility index (Phi) is 19.1. The molecule has 6 heteroatoms. The van der Waals surface area contributed by atoms with Crippen LogP contribution in [0.5, 0.6) is 0 Å². The molecule has 1 amide bonds. The number of amides is 1. The van der Waals surface area contributed by atoms with E-state index in [0.29, 0.717) is 6.04 Å². The molecule has 0 fully saturated rings. The summed E-state index contributed by atoms with van der Waals surface area (Å²) in [6.45, 7) is 6.43. The molecule has 0 radical (unpaired) electrons. The van der Waals surface area contributed by atoms with Gasteiger partial charge in [0, 0.05) is 30.9 Å². The van der Waals surface area contributed by atoms with Crippen molar-refractivity contribution >= 4 is 24.1 Å². The van der Waals surface area contributed by atoms with Gasteiger partial charge >= 0.3 is 0 Å². The number of benzene rings is 1. The Labute approximate surface area is 146 Å². The monoisotopic (exact) mass is 339 g/mol. The zero-order chi connectivity index (χ0) is 18.6. The molecule has 138 valence electrons. The molecular weight excluding hydrogens is 306 g/mol. The maximum atomic E-state index is 9.77. The lowest BCUT2D eigenvalue weighted by molar-refractivity contribution is -0.116. The van der Waals surface area contributed by atoms with E-state index in [1.54, 1.807) is 0 Å². The van der Waals surface area contributed by atoms with Crippen LogP contribution in [0, 0.1) is 0 Å². The fourth-order valence-corrected chi connectivity index (χ4v) is 1.72. The van der Waals surface area contributed by atoms with Gasteiger partial charge in [-0.05, 0) is 44.5 Å². The minimum Gasteiger partial charge on any atom is -0.388 e. The average molecular weight is 339 g/mol. The van der Waals surface area contributed by atoms with E-state index >= 15 is 0 Å². The zero-order valence-corrected chi connectivity index (χ0v) is 15.3. The number of anilines is 2. The van der Waals surface area contributed by atoms with E-state index in [0.717, 1.165) is 24.8 Å². The summed E-state index contributed by atoms with van der Waals surface area (Å²) in [4.78, 5) is 18.6. The van der Waals surface area contributed by atoms with Crippen molar-refractivity contribution in [3.63, 3.8) is 0 Å². The van der Waals surface area contributed by atoms with Crippen LogP contribution in [-0.2, 0) is 9.59 Å². The summed E-state index contributed by atoms with van der Waals surface area (Å²) in [5.41, 5.74) is 3.56. The number of unbranched alkanes of at least 4 members (excludes halogenated alkanes) is 4. The Morgan fingerprint density at radius 1 is 1.04 bits per heavy atom. The van der Waals surface area contributed by atoms with E-state index in [2.05, 4.69) is 55.7 Å². The molecule has 0 atom stereocenters. The molecule has 0 aromatic heterocycles. The molecule has 0 unspecified atom stereocenters. The second-order valence-electron chi connectivity index (χ2n) is 5.39. The van der Waals surface area contributed by atoms with E-state index in [-0.39, 0.29) is 6.41 Å². The van der Waals surface area contributed by atoms with Crippen LogP contribution >= 0.6 is 0 Å². The third-order valence-corrected chi connectivity index (χ3v) is 2.86. The van der Waals surface area contributed by atoms with Gasteiger partial charge in [-0.2, -0.15) is 0 Å². The Morgan fingerprint density at radius 3 is 1.96 bits per heavy atom. The first-order chi connectivity index (χ1) is 11.5. The van der Waals surface area contributed by atoms with Crippen molar-refractivity contribution < 1.29 is 14.8 Å². The van der Waals surface area contributed by atoms with Crippen LogP contribution in [-0.4, -0.2) is 31.0 Å². The van der Waals surface area contributed by atoms with Crippen LogP contribution in [0.2, 0.25) is 0 Å². The lowest BCUT2D eigenvalue weighted by atomic mass is 10.2. The molecule has 0 aliphatic rings. The highest BCUT2D eigenvalue weighted by molar-refractivity contribution is 5.53. The highest BCUT2D eigenvalue weighted by Crippen LogP contribution is 2.13. The zero-order valence-electron chi connectivity index (χ0n) is 15.3. The summed E-state index contributed by atoms with van der Waals surface area (Å²) in [6, 6.07) is 8.76. The quantitative estimate of drug-likeness (QED) is 0.238. The number of rotatable bonds is 9. The van der Waals surface area contributed by atoms with Crippen LogP contribution in [0.4, 0.5) is 11.4 Å². The van der Waals surface area contributed by atoms with Crippen molar-refractivity contribution in [1.82, 2.24) is 5.48 Å². The van der Waals surface area contributed by atoms with Gasteiger partial charge in [0.2, 0.25) is 6.41 Å². The molecule has 1 aromatic carbocycles. The number of hydroxylamine groups is 1. The van der Waals surface area contributed by atoms with Gasteiger partial charge in [-0.15, -0.1) is 0 Å². The number of carbonyl (C=O) groups is 2. The van der Waals surface area contributed by atoms with Gasteiger partial charge < -0.3 is 15.4 Å². The smallest absolute Gasteiger partial charge is 0.230 e. The molecule has 0 aliphatic carbocycles. The van der Waals surface area contributed by atoms with E-state index in [1.807, 2.05) is 7.05 Å². The molecule has 0 bridgehead atoms. The first-order valence-electron chi connectivity index (χ1n) is 8.36. The van der Waals surface area contributed by atoms with E-state index in [9.17, 15) is 4.79 Å². The second-order valence-corrected chi connectivity index (χ2v) is 5.39. The minimum atomic E-state index is 0.181. The highest BCUT2D eigenvalue weighted by Gasteiger charge is 1.93. The van der Waals surface area contributed by atoms with Crippen LogP contribution < -0.4 is 16.1 Å². The Morgan fingerprint density at radius 2 is 1.58 bits per heavy atom. The first kappa shape index (κ1) is 24.2. The van der Waals surface area contributed by atoms with Gasteiger partial charge in [0.1, 0.15) is 6.29 Å². The molecule has 24 heavy (non-hydrogen) atoms. The lowest BCUT2D eigenvalue weighted by Crippen LogP contribution is -2.09. The normalized spacial score (nSPS) is 8.92. The van der Waals surface area contributed by atoms with Gasteiger partial charge in [0.05, 0.1) is 0 Å². The van der Waals surface area contributed by atoms with Crippen molar-refractivity contribution in [2.24, 2.45) is 0 Å². The Bertz CT molecular complexity index is 395. The summed E-state index contributed by atoms with van der Waals surface area (Å²) < 4.78 is 0. The number of carbonyl (C=O) groups excluding carboxylic acids is 2. The van der Waals surface area contributed by atoms with Crippen LogP contribution in [0.15, 0.2) is 24.3 Å². The predicted octanol–water partition coefficient (Wildman–Crippen LogP) is 3.83. The topological polar surface area (TPSA) is 90.5 Å². The number of hydrogen-bond acceptors (Lipinski definition) is 5. The lowest BCUT2D eigenvalue weighted by Gasteiger charge is -2.10. The molecule has 0 spiro atoms. The minimum absolute atomic E-state index is 0.181. The predicted molar refractivity (Wildman–Crippen MR) is 101 cm³/mol. The molecule has 6 nitrogen and oxygen atoms in total. The molecular formula is C18H33N3O3. The van der Waals surface area contributed by atoms with Crippen molar-refractivity contribution in [2.45, 2.75) is 58.9 Å². The summed E-state index contributed by atoms with van der Waals surface area (Å²) in [6.07, 6.45) is 6.74. The maximum absolute atomic E-state index is 9.77. The molecule has 0 saturated carbocycles. The fourth-order valence-electron chi connectivity index (χ4n) is 1.72. The van der Waals surface area contributed by atoms with Crippen LogP contribution in [0.3, 0.4) is 0 Å². The van der Waals surface area contributed by atoms with Gasteiger partial charge in [-0.25, -0.2) is 5.48 Å². The van der Waals surface area contributed by atoms with Crippen LogP contribution in [0.1, 0.15) is 52.9 Å². The molecule has 4 N–H and O–H groups in total. The SMILES string of the molecule is CCCCCCC=O.CNc1ccc(NC(C)C)cc1.O=CNO. The summed E-state index contributed by atoms with van der Waals surface area (Å²) in [7, 11) is 1.92. The van der Waals surface area contributed by atoms with Crippen molar-refractivity contribution in [2.75, 3.05) is 17.7 Å². The number of hydrogen-bond donors (Lipinski definition) is 4. The molecule has 0 heterocycles. The van der Waals surface area contributed by atoms with Gasteiger partial charge in [0.15, 0.2) is 0 Å². The third kappa shape index (κ3) is 18.0. The molecule has 0 aliphatic heterocycles. The van der Waals surface area contributed by atoms with Crippen molar-refractivity contribution in [3.8, 4) is 0 Å². The van der Waals surface area contributed by atoms with Crippen LogP contribution in [0.25, 0.3) is 0 Å². The summed E-state index contributed by atoms with van der Waals surface area (Å²) >= 11 is 0. The van der Waals surface area contributed by atoms with Gasteiger partial charge in [-0.3, -0.25) is 10.0 Å². The van der Waals surface area contributed by atoms with Crippen molar-refractivity contribution in [1.29, 1.82) is 0 Å². The largest absolute Gasteiger partial charge is 0.388 e. The second kappa shape index (κ2) is 19.0. The summed E-state index contributed by atoms with van der Waals surface area (Å²) in [5.74, 6) is 0. The third-order valence-electron chi connectivity index (χ3n) is 2.86. The Hall–Kier alpha value is -2.08. The maximum Gasteiger partial charge on any atom is 0.230 e. The molecule has 0 saturated heterocycles. The number of aldehydes is 1.